The summed E-state index contributed by atoms with van der Waals surface area (Å²) < 4.78 is 10.9. The average molecular weight is 398 g/mol. The molecule has 154 valence electrons. The van der Waals surface area contributed by atoms with Crippen LogP contribution in [0.1, 0.15) is 40.9 Å². The summed E-state index contributed by atoms with van der Waals surface area (Å²) in [7, 11) is 1.48. The molecule has 0 radical (unpaired) electrons. The van der Waals surface area contributed by atoms with Crippen molar-refractivity contribution in [1.82, 2.24) is 10.9 Å². The van der Waals surface area contributed by atoms with Gasteiger partial charge in [-0.3, -0.25) is 25.2 Å². The Labute approximate surface area is 170 Å². The van der Waals surface area contributed by atoms with Gasteiger partial charge >= 0.3 is 0 Å². The van der Waals surface area contributed by atoms with Crippen molar-refractivity contribution in [2.45, 2.75) is 40.2 Å². The number of aryl methyl sites for hydroxylation is 1. The van der Waals surface area contributed by atoms with E-state index in [0.717, 1.165) is 11.1 Å². The summed E-state index contributed by atoms with van der Waals surface area (Å²) in [5, 5.41) is 0. The number of carbonyl (C=O) groups is 3. The van der Waals surface area contributed by atoms with Crippen molar-refractivity contribution in [3.8, 4) is 11.5 Å². The Kier molecular flexibility index (Phi) is 7.36. The predicted octanol–water partition coefficient (Wildman–Crippen LogP) is 2.67. The Morgan fingerprint density at radius 1 is 1.03 bits per heavy atom. The van der Waals surface area contributed by atoms with Gasteiger partial charge in [0.05, 0.1) is 13.5 Å². The normalized spacial score (nSPS) is 11.3. The monoisotopic (exact) mass is 398 g/mol. The van der Waals surface area contributed by atoms with Crippen LogP contribution < -0.4 is 20.3 Å². The number of nitrogens with one attached hydrogen (secondary N) is 2. The lowest BCUT2D eigenvalue weighted by atomic mass is 10.0. The number of carbonyl (C=O) groups excluding carboxylic acids is 3. The maximum atomic E-state index is 12.2. The third-order valence-electron chi connectivity index (χ3n) is 4.59. The number of amides is 2. The van der Waals surface area contributed by atoms with Crippen LogP contribution in [0.3, 0.4) is 0 Å². The van der Waals surface area contributed by atoms with E-state index in [4.69, 9.17) is 9.47 Å². The molecule has 0 aromatic heterocycles. The van der Waals surface area contributed by atoms with Crippen molar-refractivity contribution in [3.05, 3.63) is 58.7 Å². The molecule has 0 spiro atoms. The molecule has 2 amide bonds. The first-order valence-electron chi connectivity index (χ1n) is 9.22. The predicted molar refractivity (Wildman–Crippen MR) is 109 cm³/mol. The van der Waals surface area contributed by atoms with Gasteiger partial charge in [-0.15, -0.1) is 0 Å². The number of benzene rings is 2. The molecule has 0 saturated carbocycles. The molecule has 0 aliphatic heterocycles. The zero-order valence-electron chi connectivity index (χ0n) is 17.3. The molecule has 1 atom stereocenters. The number of rotatable bonds is 7. The lowest BCUT2D eigenvalue weighted by Crippen LogP contribution is -2.47. The lowest BCUT2D eigenvalue weighted by molar-refractivity contribution is -0.132. The van der Waals surface area contributed by atoms with E-state index in [1.165, 1.54) is 14.0 Å². The van der Waals surface area contributed by atoms with Crippen LogP contribution in [0.2, 0.25) is 0 Å². The molecule has 2 aromatic carbocycles. The summed E-state index contributed by atoms with van der Waals surface area (Å²) in [4.78, 5) is 36.0. The van der Waals surface area contributed by atoms with Crippen molar-refractivity contribution >= 4 is 17.6 Å². The smallest absolute Gasteiger partial charge is 0.279 e. The van der Waals surface area contributed by atoms with Gasteiger partial charge in [0, 0.05) is 11.1 Å². The summed E-state index contributed by atoms with van der Waals surface area (Å²) >= 11 is 0. The van der Waals surface area contributed by atoms with Crippen LogP contribution in [0.5, 0.6) is 11.5 Å². The molecular formula is C22H26N2O5. The van der Waals surface area contributed by atoms with Crippen LogP contribution in [0.15, 0.2) is 36.4 Å². The van der Waals surface area contributed by atoms with E-state index in [1.807, 2.05) is 26.0 Å². The summed E-state index contributed by atoms with van der Waals surface area (Å²) in [6.07, 6.45) is -0.858. The number of Topliss-reactive ketones (excluding diaryl/α,β-unsaturated/α-hetero) is 1. The topological polar surface area (TPSA) is 93.7 Å². The molecule has 0 saturated heterocycles. The van der Waals surface area contributed by atoms with Gasteiger partial charge in [-0.05, 0) is 63.1 Å². The lowest BCUT2D eigenvalue weighted by Gasteiger charge is -2.17. The van der Waals surface area contributed by atoms with Gasteiger partial charge in [-0.25, -0.2) is 0 Å². The quantitative estimate of drug-likeness (QED) is 0.552. The van der Waals surface area contributed by atoms with E-state index in [0.29, 0.717) is 22.6 Å². The maximum absolute atomic E-state index is 12.2. The third kappa shape index (κ3) is 5.81. The molecular weight excluding hydrogens is 372 g/mol. The van der Waals surface area contributed by atoms with Crippen molar-refractivity contribution < 1.29 is 23.9 Å². The van der Waals surface area contributed by atoms with Crippen molar-refractivity contribution in [2.24, 2.45) is 0 Å². The molecule has 0 aliphatic rings. The van der Waals surface area contributed by atoms with E-state index in [-0.39, 0.29) is 12.2 Å². The standard InChI is InChI=1S/C22H26N2O5/c1-13-7-6-8-19(14(13)2)29-16(4)22(27)24-23-21(26)12-18-11-17(15(3)25)9-10-20(18)28-5/h6-11,16H,12H2,1-5H3,(H,23,26)(H,24,27)/t16-/m1/s1. The Balaban J connectivity index is 1.95. The molecule has 2 rings (SSSR count). The number of hydrogen-bond acceptors (Lipinski definition) is 5. The van der Waals surface area contributed by atoms with Gasteiger partial charge in [-0.2, -0.15) is 0 Å². The van der Waals surface area contributed by atoms with Crippen LogP contribution in [-0.2, 0) is 16.0 Å². The zero-order chi connectivity index (χ0) is 21.6. The fraction of sp³-hybridized carbons (Fsp3) is 0.318. The van der Waals surface area contributed by atoms with Crippen molar-refractivity contribution in [2.75, 3.05) is 7.11 Å². The molecule has 0 aliphatic carbocycles. The second-order valence-corrected chi connectivity index (χ2v) is 6.76. The number of hydrazine groups is 1. The highest BCUT2D eigenvalue weighted by Gasteiger charge is 2.17. The van der Waals surface area contributed by atoms with Gasteiger partial charge in [0.25, 0.3) is 5.91 Å². The van der Waals surface area contributed by atoms with Gasteiger partial charge in [0.2, 0.25) is 5.91 Å². The summed E-state index contributed by atoms with van der Waals surface area (Å²) in [6, 6.07) is 10.5. The Hall–Kier alpha value is -3.35. The van der Waals surface area contributed by atoms with Crippen molar-refractivity contribution in [3.63, 3.8) is 0 Å². The number of ketones is 1. The molecule has 0 bridgehead atoms. The van der Waals surface area contributed by atoms with E-state index < -0.39 is 17.9 Å². The van der Waals surface area contributed by atoms with Gasteiger partial charge < -0.3 is 9.47 Å². The maximum Gasteiger partial charge on any atom is 0.279 e. The van der Waals surface area contributed by atoms with Crippen LogP contribution in [0.25, 0.3) is 0 Å². The number of ether oxygens (including phenoxy) is 2. The second kappa shape index (κ2) is 9.73. The number of methoxy groups -OCH3 is 1. The molecule has 0 heterocycles. The summed E-state index contributed by atoms with van der Waals surface area (Å²) in [6.45, 7) is 6.92. The van der Waals surface area contributed by atoms with E-state index >= 15 is 0 Å². The molecule has 7 heteroatoms. The molecule has 29 heavy (non-hydrogen) atoms. The molecule has 0 fully saturated rings. The molecule has 7 nitrogen and oxygen atoms in total. The zero-order valence-corrected chi connectivity index (χ0v) is 17.3. The first kappa shape index (κ1) is 21.9. The minimum atomic E-state index is -0.800. The Morgan fingerprint density at radius 3 is 2.41 bits per heavy atom. The largest absolute Gasteiger partial charge is 0.496 e. The minimum absolute atomic E-state index is 0.0587. The molecule has 0 unspecified atom stereocenters. The Bertz CT molecular complexity index is 923. The van der Waals surface area contributed by atoms with E-state index in [2.05, 4.69) is 10.9 Å². The highest BCUT2D eigenvalue weighted by atomic mass is 16.5. The Morgan fingerprint density at radius 2 is 1.76 bits per heavy atom. The van der Waals surface area contributed by atoms with E-state index in [9.17, 15) is 14.4 Å². The molecule has 2 aromatic rings. The van der Waals surface area contributed by atoms with E-state index in [1.54, 1.807) is 31.2 Å². The SMILES string of the molecule is COc1ccc(C(C)=O)cc1CC(=O)NNC(=O)[C@@H](C)Oc1cccc(C)c1C. The van der Waals surface area contributed by atoms with Gasteiger partial charge in [0.15, 0.2) is 11.9 Å². The fourth-order valence-electron chi connectivity index (χ4n) is 2.68. The first-order chi connectivity index (χ1) is 13.7. The fourth-order valence-corrected chi connectivity index (χ4v) is 2.68. The number of hydrogen-bond donors (Lipinski definition) is 2. The highest BCUT2D eigenvalue weighted by Crippen LogP contribution is 2.22. The van der Waals surface area contributed by atoms with Gasteiger partial charge in [0.1, 0.15) is 11.5 Å². The van der Waals surface area contributed by atoms with Crippen molar-refractivity contribution in [1.29, 1.82) is 0 Å². The summed E-state index contributed by atoms with van der Waals surface area (Å²) in [5.41, 5.74) is 7.77. The van der Waals surface area contributed by atoms with Crippen LogP contribution in [-0.4, -0.2) is 30.8 Å². The minimum Gasteiger partial charge on any atom is -0.496 e. The third-order valence-corrected chi connectivity index (χ3v) is 4.59. The van der Waals surface area contributed by atoms with Crippen LogP contribution in [0, 0.1) is 13.8 Å². The van der Waals surface area contributed by atoms with Gasteiger partial charge in [-0.1, -0.05) is 12.1 Å². The first-order valence-corrected chi connectivity index (χ1v) is 9.22. The summed E-state index contributed by atoms with van der Waals surface area (Å²) in [5.74, 6) is 0.0629. The highest BCUT2D eigenvalue weighted by molar-refractivity contribution is 5.95. The van der Waals surface area contributed by atoms with Crippen LogP contribution in [0.4, 0.5) is 0 Å². The van der Waals surface area contributed by atoms with Crippen LogP contribution >= 0.6 is 0 Å². The second-order valence-electron chi connectivity index (χ2n) is 6.76. The average Bonchev–Trinajstić information content (AvgIpc) is 2.69. The molecule has 2 N–H and O–H groups in total.